The summed E-state index contributed by atoms with van der Waals surface area (Å²) in [7, 11) is 0. The molecule has 0 aliphatic rings. The van der Waals surface area contributed by atoms with Gasteiger partial charge in [0.1, 0.15) is 17.4 Å². The summed E-state index contributed by atoms with van der Waals surface area (Å²) in [5.41, 5.74) is 6.83. The van der Waals surface area contributed by atoms with Gasteiger partial charge in [-0.05, 0) is 72.3 Å². The van der Waals surface area contributed by atoms with Crippen molar-refractivity contribution >= 4 is 28.1 Å². The van der Waals surface area contributed by atoms with Crippen LogP contribution in [0.1, 0.15) is 11.1 Å². The molecule has 4 heteroatoms. The van der Waals surface area contributed by atoms with Crippen molar-refractivity contribution in [1.29, 1.82) is 0 Å². The Bertz CT molecular complexity index is 1760. The quantitative estimate of drug-likeness (QED) is 0.261. The molecule has 0 amide bonds. The Kier molecular flexibility index (Phi) is 6.06. The lowest BCUT2D eigenvalue weighted by Crippen LogP contribution is -2.15. The molecule has 0 fully saturated rings. The van der Waals surface area contributed by atoms with Gasteiger partial charge < -0.3 is 5.11 Å². The fourth-order valence-corrected chi connectivity index (χ4v) is 4.88. The highest BCUT2D eigenvalue weighted by Gasteiger charge is 2.21. The highest BCUT2D eigenvalue weighted by atomic mass is 16.3. The molecule has 0 aliphatic heterocycles. The predicted octanol–water partition coefficient (Wildman–Crippen LogP) is 8.76. The molecule has 0 bridgehead atoms. The van der Waals surface area contributed by atoms with Crippen LogP contribution in [0.3, 0.4) is 0 Å². The van der Waals surface area contributed by atoms with Gasteiger partial charge in [-0.2, -0.15) is 0 Å². The lowest BCUT2D eigenvalue weighted by Gasteiger charge is -2.27. The third kappa shape index (κ3) is 4.27. The molecule has 38 heavy (non-hydrogen) atoms. The Morgan fingerprint density at radius 3 is 2.26 bits per heavy atom. The first-order valence-electron chi connectivity index (χ1n) is 12.7. The maximum Gasteiger partial charge on any atom is 0.142 e. The Morgan fingerprint density at radius 2 is 1.42 bits per heavy atom. The van der Waals surface area contributed by atoms with Gasteiger partial charge in [-0.1, -0.05) is 78.9 Å². The van der Waals surface area contributed by atoms with Crippen LogP contribution in [0.4, 0.5) is 17.3 Å². The van der Waals surface area contributed by atoms with Crippen LogP contribution >= 0.6 is 0 Å². The maximum absolute atomic E-state index is 10.4. The summed E-state index contributed by atoms with van der Waals surface area (Å²) in [6, 6.07) is 38.4. The highest BCUT2D eigenvalue weighted by Crippen LogP contribution is 2.40. The molecule has 0 radical (unpaired) electrons. The van der Waals surface area contributed by atoms with Crippen LogP contribution in [0.15, 0.2) is 121 Å². The summed E-state index contributed by atoms with van der Waals surface area (Å²) in [6.07, 6.45) is 1.81. The summed E-state index contributed by atoms with van der Waals surface area (Å²) in [5.74, 6) is 1.90. The smallest absolute Gasteiger partial charge is 0.142 e. The standard InChI is InChI=1S/C34H27N3O/c1-23-21-30(27-14-9-13-26(22-27)29-16-5-6-18-32(29)38)36-34(24(23)2)37(33-19-7-8-20-35-33)31-17-10-12-25-11-3-4-15-28(25)31/h3-22,38H,1-2H3. The number of phenolic OH excluding ortho intramolecular Hbond substituents is 1. The lowest BCUT2D eigenvalue weighted by atomic mass is 9.99. The van der Waals surface area contributed by atoms with Gasteiger partial charge in [-0.3, -0.25) is 4.90 Å². The molecule has 0 saturated carbocycles. The molecular weight excluding hydrogens is 466 g/mol. The first-order chi connectivity index (χ1) is 18.6. The average molecular weight is 494 g/mol. The van der Waals surface area contributed by atoms with Gasteiger partial charge >= 0.3 is 0 Å². The Hall–Kier alpha value is -4.96. The molecule has 0 aliphatic carbocycles. The summed E-state index contributed by atoms with van der Waals surface area (Å²) < 4.78 is 0. The number of aryl methyl sites for hydroxylation is 1. The van der Waals surface area contributed by atoms with E-state index in [1.807, 2.05) is 54.7 Å². The van der Waals surface area contributed by atoms with E-state index >= 15 is 0 Å². The van der Waals surface area contributed by atoms with Crippen LogP contribution in [-0.2, 0) is 0 Å². The van der Waals surface area contributed by atoms with E-state index in [9.17, 15) is 5.11 Å². The minimum atomic E-state index is 0.260. The number of rotatable bonds is 5. The fraction of sp³-hybridized carbons (Fsp3) is 0.0588. The third-order valence-corrected chi connectivity index (χ3v) is 6.98. The molecular formula is C34H27N3O. The molecule has 0 spiro atoms. The van der Waals surface area contributed by atoms with Gasteiger partial charge in [0, 0.05) is 22.7 Å². The topological polar surface area (TPSA) is 49.3 Å². The summed E-state index contributed by atoms with van der Waals surface area (Å²) >= 11 is 0. The van der Waals surface area contributed by atoms with E-state index in [1.165, 1.54) is 0 Å². The normalized spacial score (nSPS) is 11.0. The molecule has 2 aromatic heterocycles. The molecule has 6 rings (SSSR count). The van der Waals surface area contributed by atoms with E-state index in [1.54, 1.807) is 6.07 Å². The number of fused-ring (bicyclic) bond motifs is 1. The zero-order chi connectivity index (χ0) is 26.1. The van der Waals surface area contributed by atoms with Crippen LogP contribution in [0.25, 0.3) is 33.2 Å². The van der Waals surface area contributed by atoms with Crippen molar-refractivity contribution in [3.05, 3.63) is 133 Å². The van der Waals surface area contributed by atoms with Crippen molar-refractivity contribution < 1.29 is 5.11 Å². The molecule has 0 atom stereocenters. The van der Waals surface area contributed by atoms with E-state index < -0.39 is 0 Å². The molecule has 4 nitrogen and oxygen atoms in total. The number of aromatic nitrogens is 2. The number of anilines is 3. The van der Waals surface area contributed by atoms with Gasteiger partial charge in [0.25, 0.3) is 0 Å². The van der Waals surface area contributed by atoms with E-state index in [0.29, 0.717) is 0 Å². The first-order valence-corrected chi connectivity index (χ1v) is 12.7. The second kappa shape index (κ2) is 9.83. The van der Waals surface area contributed by atoms with Crippen molar-refractivity contribution in [2.75, 3.05) is 4.90 Å². The SMILES string of the molecule is Cc1cc(-c2cccc(-c3ccccc3O)c2)nc(N(c2ccccn2)c2cccc3ccccc23)c1C. The molecule has 6 aromatic rings. The maximum atomic E-state index is 10.4. The van der Waals surface area contributed by atoms with Crippen LogP contribution in [0, 0.1) is 13.8 Å². The minimum absolute atomic E-state index is 0.260. The number of phenols is 1. The van der Waals surface area contributed by atoms with Crippen LogP contribution in [-0.4, -0.2) is 15.1 Å². The first kappa shape index (κ1) is 23.4. The van der Waals surface area contributed by atoms with Crippen molar-refractivity contribution in [3.63, 3.8) is 0 Å². The zero-order valence-electron chi connectivity index (χ0n) is 21.3. The van der Waals surface area contributed by atoms with Gasteiger partial charge in [0.15, 0.2) is 0 Å². The van der Waals surface area contributed by atoms with Crippen molar-refractivity contribution in [2.45, 2.75) is 13.8 Å². The van der Waals surface area contributed by atoms with Crippen LogP contribution < -0.4 is 4.90 Å². The fourth-order valence-electron chi connectivity index (χ4n) is 4.88. The van der Waals surface area contributed by atoms with Gasteiger partial charge in [-0.15, -0.1) is 0 Å². The van der Waals surface area contributed by atoms with Crippen molar-refractivity contribution in [1.82, 2.24) is 9.97 Å². The second-order valence-electron chi connectivity index (χ2n) is 9.39. The Morgan fingerprint density at radius 1 is 0.684 bits per heavy atom. The van der Waals surface area contributed by atoms with E-state index in [-0.39, 0.29) is 5.75 Å². The number of aromatic hydroxyl groups is 1. The van der Waals surface area contributed by atoms with Gasteiger partial charge in [0.2, 0.25) is 0 Å². The monoisotopic (exact) mass is 493 g/mol. The number of benzene rings is 4. The molecule has 1 N–H and O–H groups in total. The minimum Gasteiger partial charge on any atom is -0.507 e. The highest BCUT2D eigenvalue weighted by molar-refractivity contribution is 5.98. The molecule has 0 unspecified atom stereocenters. The van der Waals surface area contributed by atoms with Crippen LogP contribution in [0.2, 0.25) is 0 Å². The van der Waals surface area contributed by atoms with Crippen LogP contribution in [0.5, 0.6) is 5.75 Å². The Balaban J connectivity index is 1.56. The lowest BCUT2D eigenvalue weighted by molar-refractivity contribution is 0.477. The van der Waals surface area contributed by atoms with Crippen molar-refractivity contribution in [2.24, 2.45) is 0 Å². The van der Waals surface area contributed by atoms with Gasteiger partial charge in [-0.25, -0.2) is 9.97 Å². The van der Waals surface area contributed by atoms with Gasteiger partial charge in [0.05, 0.1) is 11.4 Å². The summed E-state index contributed by atoms with van der Waals surface area (Å²) in [6.45, 7) is 4.23. The van der Waals surface area contributed by atoms with E-state index in [0.717, 1.165) is 61.6 Å². The number of pyridine rings is 2. The van der Waals surface area contributed by atoms with Crippen molar-refractivity contribution in [3.8, 4) is 28.1 Å². The second-order valence-corrected chi connectivity index (χ2v) is 9.39. The predicted molar refractivity (Wildman–Crippen MR) is 156 cm³/mol. The number of hydrogen-bond acceptors (Lipinski definition) is 4. The third-order valence-electron chi connectivity index (χ3n) is 6.98. The molecule has 0 saturated heterocycles. The number of para-hydroxylation sites is 1. The Labute approximate surface area is 222 Å². The van der Waals surface area contributed by atoms with E-state index in [2.05, 4.69) is 79.4 Å². The number of hydrogen-bond donors (Lipinski definition) is 1. The summed E-state index contributed by atoms with van der Waals surface area (Å²) in [4.78, 5) is 12.1. The largest absolute Gasteiger partial charge is 0.507 e. The molecule has 184 valence electrons. The molecule has 4 aromatic carbocycles. The zero-order valence-corrected chi connectivity index (χ0v) is 21.3. The average Bonchev–Trinajstić information content (AvgIpc) is 2.96. The molecule has 2 heterocycles. The summed E-state index contributed by atoms with van der Waals surface area (Å²) in [5, 5.41) is 12.7. The number of nitrogens with zero attached hydrogens (tertiary/aromatic N) is 3. The van der Waals surface area contributed by atoms with E-state index in [4.69, 9.17) is 9.97 Å².